The Kier molecular flexibility index (Phi) is 3.98. The zero-order valence-electron chi connectivity index (χ0n) is 15.4. The number of oxazole rings is 1. The Balaban J connectivity index is 1.58. The third kappa shape index (κ3) is 2.97. The average molecular weight is 366 g/mol. The molecule has 0 bridgehead atoms. The van der Waals surface area contributed by atoms with E-state index in [1.54, 1.807) is 0 Å². The van der Waals surface area contributed by atoms with E-state index in [0.29, 0.717) is 12.4 Å². The van der Waals surface area contributed by atoms with Crippen molar-refractivity contribution in [3.8, 4) is 11.1 Å². The van der Waals surface area contributed by atoms with E-state index in [9.17, 15) is 0 Å². The fourth-order valence-electron chi connectivity index (χ4n) is 3.44. The predicted molar refractivity (Wildman–Crippen MR) is 111 cm³/mol. The van der Waals surface area contributed by atoms with Crippen LogP contribution in [-0.2, 0) is 6.54 Å². The number of aromatic nitrogens is 3. The third-order valence-electron chi connectivity index (χ3n) is 4.67. The topological polar surface area (TPSA) is 63.8 Å². The van der Waals surface area contributed by atoms with Crippen molar-refractivity contribution < 1.29 is 4.42 Å². The molecule has 0 unspecified atom stereocenters. The maximum atomic E-state index is 5.83. The summed E-state index contributed by atoms with van der Waals surface area (Å²) < 4.78 is 5.83. The number of fused-ring (bicyclic) bond motifs is 2. The number of benzene rings is 3. The van der Waals surface area contributed by atoms with Crippen LogP contribution in [0.15, 0.2) is 77.2 Å². The van der Waals surface area contributed by atoms with Crippen LogP contribution in [0.2, 0.25) is 0 Å². The molecule has 0 saturated heterocycles. The molecule has 3 aromatic carbocycles. The molecule has 2 aromatic heterocycles. The van der Waals surface area contributed by atoms with Crippen molar-refractivity contribution in [1.29, 1.82) is 0 Å². The van der Waals surface area contributed by atoms with E-state index < -0.39 is 0 Å². The van der Waals surface area contributed by atoms with E-state index >= 15 is 0 Å². The molecule has 5 aromatic rings. The van der Waals surface area contributed by atoms with E-state index in [0.717, 1.165) is 44.8 Å². The van der Waals surface area contributed by atoms with Crippen LogP contribution in [0.1, 0.15) is 11.7 Å². The summed E-state index contributed by atoms with van der Waals surface area (Å²) in [7, 11) is 0. The highest BCUT2D eigenvalue weighted by Gasteiger charge is 2.13. The van der Waals surface area contributed by atoms with E-state index in [1.807, 2.05) is 61.5 Å². The third-order valence-corrected chi connectivity index (χ3v) is 4.67. The Morgan fingerprint density at radius 1 is 0.786 bits per heavy atom. The SMILES string of the molecule is Cc1nc(NCc2nc3ccccc3o2)c2c(-c3ccccc3)cccc2n1. The summed E-state index contributed by atoms with van der Waals surface area (Å²) in [4.78, 5) is 13.8. The van der Waals surface area contributed by atoms with E-state index in [4.69, 9.17) is 4.42 Å². The molecule has 0 saturated carbocycles. The van der Waals surface area contributed by atoms with Gasteiger partial charge in [0.15, 0.2) is 5.58 Å². The highest BCUT2D eigenvalue weighted by Crippen LogP contribution is 2.32. The molecule has 0 aliphatic carbocycles. The van der Waals surface area contributed by atoms with Crippen LogP contribution in [0.25, 0.3) is 33.1 Å². The van der Waals surface area contributed by atoms with Crippen LogP contribution in [0.4, 0.5) is 5.82 Å². The lowest BCUT2D eigenvalue weighted by atomic mass is 10.0. The molecule has 0 atom stereocenters. The largest absolute Gasteiger partial charge is 0.439 e. The second kappa shape index (κ2) is 6.78. The number of anilines is 1. The number of hydrogen-bond donors (Lipinski definition) is 1. The minimum atomic E-state index is 0.448. The Bertz CT molecular complexity index is 1250. The lowest BCUT2D eigenvalue weighted by Gasteiger charge is -2.12. The zero-order valence-corrected chi connectivity index (χ0v) is 15.4. The van der Waals surface area contributed by atoms with Gasteiger partial charge in [-0.05, 0) is 36.2 Å². The molecule has 5 nitrogen and oxygen atoms in total. The number of nitrogens with one attached hydrogen (secondary N) is 1. The van der Waals surface area contributed by atoms with Crippen molar-refractivity contribution >= 4 is 27.8 Å². The number of rotatable bonds is 4. The Hall–Kier alpha value is -3.73. The van der Waals surface area contributed by atoms with Crippen molar-refractivity contribution in [2.45, 2.75) is 13.5 Å². The lowest BCUT2D eigenvalue weighted by molar-refractivity contribution is 0.540. The molecule has 0 amide bonds. The van der Waals surface area contributed by atoms with Crippen LogP contribution >= 0.6 is 0 Å². The highest BCUT2D eigenvalue weighted by molar-refractivity contribution is 6.01. The minimum Gasteiger partial charge on any atom is -0.439 e. The highest BCUT2D eigenvalue weighted by atomic mass is 16.3. The molecule has 0 radical (unpaired) electrons. The first-order chi connectivity index (χ1) is 13.8. The van der Waals surface area contributed by atoms with Gasteiger partial charge in [-0.3, -0.25) is 0 Å². The first-order valence-corrected chi connectivity index (χ1v) is 9.19. The molecule has 0 aliphatic rings. The smallest absolute Gasteiger partial charge is 0.214 e. The van der Waals surface area contributed by atoms with Gasteiger partial charge in [0.25, 0.3) is 0 Å². The first-order valence-electron chi connectivity index (χ1n) is 9.19. The Labute approximate surface area is 162 Å². The fourth-order valence-corrected chi connectivity index (χ4v) is 3.44. The quantitative estimate of drug-likeness (QED) is 0.464. The number of nitrogens with zero attached hydrogens (tertiary/aromatic N) is 3. The van der Waals surface area contributed by atoms with Crippen LogP contribution in [-0.4, -0.2) is 15.0 Å². The van der Waals surface area contributed by atoms with Gasteiger partial charge in [-0.15, -0.1) is 0 Å². The zero-order chi connectivity index (χ0) is 18.9. The van der Waals surface area contributed by atoms with Gasteiger partial charge in [-0.2, -0.15) is 0 Å². The monoisotopic (exact) mass is 366 g/mol. The van der Waals surface area contributed by atoms with Crippen LogP contribution in [0.5, 0.6) is 0 Å². The van der Waals surface area contributed by atoms with Crippen LogP contribution < -0.4 is 5.32 Å². The number of hydrogen-bond acceptors (Lipinski definition) is 5. The summed E-state index contributed by atoms with van der Waals surface area (Å²) in [6, 6.07) is 24.2. The average Bonchev–Trinajstić information content (AvgIpc) is 3.15. The molecule has 5 rings (SSSR count). The normalized spacial score (nSPS) is 11.2. The van der Waals surface area contributed by atoms with Gasteiger partial charge in [0.2, 0.25) is 5.89 Å². The number of aryl methyl sites for hydroxylation is 1. The van der Waals surface area contributed by atoms with Gasteiger partial charge < -0.3 is 9.73 Å². The van der Waals surface area contributed by atoms with E-state index in [1.165, 1.54) is 0 Å². The van der Waals surface area contributed by atoms with Crippen LogP contribution in [0, 0.1) is 6.92 Å². The van der Waals surface area contributed by atoms with Crippen LogP contribution in [0.3, 0.4) is 0 Å². The van der Waals surface area contributed by atoms with E-state index in [2.05, 4.69) is 38.5 Å². The Morgan fingerprint density at radius 3 is 2.43 bits per heavy atom. The molecular weight excluding hydrogens is 348 g/mol. The maximum absolute atomic E-state index is 5.83. The summed E-state index contributed by atoms with van der Waals surface area (Å²) in [5.41, 5.74) is 4.78. The molecule has 0 fully saturated rings. The second-order valence-electron chi connectivity index (χ2n) is 6.61. The molecule has 1 N–H and O–H groups in total. The minimum absolute atomic E-state index is 0.448. The van der Waals surface area contributed by atoms with Gasteiger partial charge in [0.1, 0.15) is 17.2 Å². The van der Waals surface area contributed by atoms with Crippen molar-refractivity contribution in [3.05, 3.63) is 84.5 Å². The predicted octanol–water partition coefficient (Wildman–Crippen LogP) is 5.36. The maximum Gasteiger partial charge on any atom is 0.214 e. The fraction of sp³-hybridized carbons (Fsp3) is 0.0870. The molecule has 2 heterocycles. The van der Waals surface area contributed by atoms with Crippen molar-refractivity contribution in [2.75, 3.05) is 5.32 Å². The van der Waals surface area contributed by atoms with Gasteiger partial charge in [0, 0.05) is 0 Å². The lowest BCUT2D eigenvalue weighted by Crippen LogP contribution is -2.05. The molecule has 136 valence electrons. The van der Waals surface area contributed by atoms with Gasteiger partial charge >= 0.3 is 0 Å². The first kappa shape index (κ1) is 16.4. The standard InChI is InChI=1S/C23H18N4O/c1-15-25-19-12-7-10-17(16-8-3-2-4-9-16)22(19)23(26-15)24-14-21-27-18-11-5-6-13-20(18)28-21/h2-13H,14H2,1H3,(H,24,25,26). The summed E-state index contributed by atoms with van der Waals surface area (Å²) in [6.07, 6.45) is 0. The molecular formula is C23H18N4O. The molecule has 5 heteroatoms. The van der Waals surface area contributed by atoms with Gasteiger partial charge in [-0.25, -0.2) is 15.0 Å². The summed E-state index contributed by atoms with van der Waals surface area (Å²) >= 11 is 0. The van der Waals surface area contributed by atoms with Gasteiger partial charge in [0.05, 0.1) is 17.4 Å². The summed E-state index contributed by atoms with van der Waals surface area (Å²) in [6.45, 7) is 2.35. The van der Waals surface area contributed by atoms with Crippen molar-refractivity contribution in [1.82, 2.24) is 15.0 Å². The summed E-state index contributed by atoms with van der Waals surface area (Å²) in [5.74, 6) is 2.13. The summed E-state index contributed by atoms with van der Waals surface area (Å²) in [5, 5.41) is 4.40. The van der Waals surface area contributed by atoms with Crippen molar-refractivity contribution in [2.24, 2.45) is 0 Å². The van der Waals surface area contributed by atoms with Gasteiger partial charge in [-0.1, -0.05) is 54.6 Å². The molecule has 0 aliphatic heterocycles. The molecule has 28 heavy (non-hydrogen) atoms. The second-order valence-corrected chi connectivity index (χ2v) is 6.61. The van der Waals surface area contributed by atoms with E-state index in [-0.39, 0.29) is 0 Å². The number of para-hydroxylation sites is 2. The Morgan fingerprint density at radius 2 is 1.57 bits per heavy atom. The molecule has 0 spiro atoms. The van der Waals surface area contributed by atoms with Crippen molar-refractivity contribution in [3.63, 3.8) is 0 Å².